The second kappa shape index (κ2) is 6.81. The summed E-state index contributed by atoms with van der Waals surface area (Å²) >= 11 is 0. The van der Waals surface area contributed by atoms with Gasteiger partial charge in [-0.05, 0) is 44.9 Å². The average molecular weight is 367 g/mol. The molecule has 1 aromatic carbocycles. The van der Waals surface area contributed by atoms with Crippen molar-refractivity contribution in [1.82, 2.24) is 15.3 Å². The highest BCUT2D eigenvalue weighted by Gasteiger charge is 2.40. The molecule has 2 aliphatic rings. The van der Waals surface area contributed by atoms with Gasteiger partial charge in [-0.3, -0.25) is 5.41 Å². The number of nitrogens with one attached hydrogen (secondary N) is 1. The van der Waals surface area contributed by atoms with Crippen molar-refractivity contribution in [3.63, 3.8) is 0 Å². The molecule has 1 aromatic heterocycles. The Morgan fingerprint density at radius 3 is 2.89 bits per heavy atom. The molecule has 2 heterocycles. The molecule has 1 aliphatic heterocycles. The van der Waals surface area contributed by atoms with E-state index in [4.69, 9.17) is 15.9 Å². The number of nitrogens with two attached hydrogens (primary N) is 2. The van der Waals surface area contributed by atoms with Crippen LogP contribution in [0.15, 0.2) is 30.6 Å². The van der Waals surface area contributed by atoms with Crippen molar-refractivity contribution in [3.8, 4) is 5.75 Å². The summed E-state index contributed by atoms with van der Waals surface area (Å²) in [6, 6.07) is 7.99. The minimum atomic E-state index is -0.0524. The van der Waals surface area contributed by atoms with Crippen molar-refractivity contribution < 1.29 is 10.1 Å². The maximum Gasteiger partial charge on any atom is 0.232 e. The molecule has 0 unspecified atom stereocenters. The lowest BCUT2D eigenvalue weighted by molar-refractivity contribution is -0.111. The standard InChI is InChI=1S/C20H26N6O/c1-13-11-26(8-7-23-13)18-10-17(24-12-25-18)19(22)15-9-14(3-4-16(15)21)27-20(2)5-6-20/h3-4,9-10,12-13,22-23H,5-8,11,21H2,1-2H3/p+1/t13-/m0/s1. The minimum absolute atomic E-state index is 0.0524. The van der Waals surface area contributed by atoms with Crippen molar-refractivity contribution >= 4 is 17.2 Å². The fraction of sp³-hybridized carbons (Fsp3) is 0.450. The first-order valence-electron chi connectivity index (χ1n) is 9.46. The first-order valence-corrected chi connectivity index (χ1v) is 9.46. The van der Waals surface area contributed by atoms with E-state index >= 15 is 0 Å². The van der Waals surface area contributed by atoms with Gasteiger partial charge >= 0.3 is 0 Å². The van der Waals surface area contributed by atoms with Gasteiger partial charge in [0.25, 0.3) is 0 Å². The smallest absolute Gasteiger partial charge is 0.232 e. The van der Waals surface area contributed by atoms with Gasteiger partial charge in [-0.15, -0.1) is 0 Å². The molecule has 7 heteroatoms. The number of nitrogen functional groups attached to an aromatic ring is 1. The number of rotatable bonds is 5. The van der Waals surface area contributed by atoms with Crippen molar-refractivity contribution in [2.75, 3.05) is 30.3 Å². The SMILES string of the molecule is C[C@H]1CN(c2cc(C(=[NH2+])c3cc(OC4(C)CC4)ccc3N)ncn2)CCN1. The Morgan fingerprint density at radius 1 is 1.33 bits per heavy atom. The molecule has 2 aromatic rings. The van der Waals surface area contributed by atoms with Crippen LogP contribution in [0.3, 0.4) is 0 Å². The molecular weight excluding hydrogens is 340 g/mol. The molecule has 1 saturated carbocycles. The summed E-state index contributed by atoms with van der Waals surface area (Å²) in [7, 11) is 0. The highest BCUT2D eigenvalue weighted by Crippen LogP contribution is 2.40. The molecular formula is C20H27N6O+. The topological polar surface area (TPSA) is 102 Å². The summed E-state index contributed by atoms with van der Waals surface area (Å²) in [6.45, 7) is 7.03. The minimum Gasteiger partial charge on any atom is -0.488 e. The molecule has 1 saturated heterocycles. The maximum absolute atomic E-state index is 6.45. The number of benzene rings is 1. The summed E-state index contributed by atoms with van der Waals surface area (Å²) in [4.78, 5) is 11.1. The van der Waals surface area contributed by atoms with Gasteiger partial charge in [-0.2, -0.15) is 0 Å². The third kappa shape index (κ3) is 3.88. The number of ether oxygens (including phenoxy) is 1. The lowest BCUT2D eigenvalue weighted by atomic mass is 10.0. The van der Waals surface area contributed by atoms with Crippen LogP contribution in [-0.4, -0.2) is 47.0 Å². The van der Waals surface area contributed by atoms with Crippen LogP contribution >= 0.6 is 0 Å². The average Bonchev–Trinajstić information content (AvgIpc) is 3.39. The largest absolute Gasteiger partial charge is 0.488 e. The van der Waals surface area contributed by atoms with Crippen LogP contribution in [-0.2, 0) is 0 Å². The fourth-order valence-corrected chi connectivity index (χ4v) is 3.34. The van der Waals surface area contributed by atoms with Crippen LogP contribution in [0.2, 0.25) is 0 Å². The van der Waals surface area contributed by atoms with Crippen LogP contribution in [0.25, 0.3) is 0 Å². The van der Waals surface area contributed by atoms with Crippen LogP contribution in [0.4, 0.5) is 11.5 Å². The van der Waals surface area contributed by atoms with E-state index in [1.54, 1.807) is 6.33 Å². The molecule has 1 aliphatic carbocycles. The summed E-state index contributed by atoms with van der Waals surface area (Å²) < 4.78 is 6.05. The van der Waals surface area contributed by atoms with E-state index < -0.39 is 0 Å². The lowest BCUT2D eigenvalue weighted by Gasteiger charge is -2.32. The third-order valence-corrected chi connectivity index (χ3v) is 5.25. The first-order chi connectivity index (χ1) is 12.9. The van der Waals surface area contributed by atoms with Gasteiger partial charge in [-0.1, -0.05) is 0 Å². The fourth-order valence-electron chi connectivity index (χ4n) is 3.34. The predicted molar refractivity (Wildman–Crippen MR) is 106 cm³/mol. The second-order valence-corrected chi connectivity index (χ2v) is 7.78. The summed E-state index contributed by atoms with van der Waals surface area (Å²) in [5.41, 5.74) is 8.70. The molecule has 0 spiro atoms. The summed E-state index contributed by atoms with van der Waals surface area (Å²) in [6.07, 6.45) is 3.71. The molecule has 2 fully saturated rings. The Morgan fingerprint density at radius 2 is 2.15 bits per heavy atom. The number of hydrogen-bond donors (Lipinski definition) is 3. The summed E-state index contributed by atoms with van der Waals surface area (Å²) in [5, 5.41) is 9.89. The predicted octanol–water partition coefficient (Wildman–Crippen LogP) is 0.385. The van der Waals surface area contributed by atoms with Gasteiger partial charge in [0.2, 0.25) is 5.71 Å². The molecule has 7 nitrogen and oxygen atoms in total. The maximum atomic E-state index is 6.45. The van der Waals surface area contributed by atoms with Crippen molar-refractivity contribution in [2.45, 2.75) is 38.3 Å². The van der Waals surface area contributed by atoms with Gasteiger partial charge in [-0.25, -0.2) is 9.97 Å². The number of aromatic nitrogens is 2. The normalized spacial score (nSPS) is 21.0. The van der Waals surface area contributed by atoms with E-state index in [1.165, 1.54) is 0 Å². The Hall–Kier alpha value is -2.67. The monoisotopic (exact) mass is 367 g/mol. The Bertz CT molecular complexity index is 863. The molecule has 0 amide bonds. The lowest BCUT2D eigenvalue weighted by Crippen LogP contribution is -2.49. The number of anilines is 2. The Kier molecular flexibility index (Phi) is 4.47. The highest BCUT2D eigenvalue weighted by molar-refractivity contribution is 6.11. The van der Waals surface area contributed by atoms with Gasteiger partial charge in [0, 0.05) is 37.4 Å². The van der Waals surface area contributed by atoms with Crippen LogP contribution < -0.4 is 26.1 Å². The van der Waals surface area contributed by atoms with Crippen molar-refractivity contribution in [2.24, 2.45) is 0 Å². The van der Waals surface area contributed by atoms with Crippen molar-refractivity contribution in [1.29, 1.82) is 0 Å². The molecule has 0 radical (unpaired) electrons. The van der Waals surface area contributed by atoms with Gasteiger partial charge in [0.15, 0.2) is 0 Å². The first kappa shape index (κ1) is 17.7. The van der Waals surface area contributed by atoms with Gasteiger partial charge in [0.1, 0.15) is 29.2 Å². The van der Waals surface area contributed by atoms with E-state index in [0.29, 0.717) is 23.1 Å². The Balaban J connectivity index is 1.59. The van der Waals surface area contributed by atoms with Crippen LogP contribution in [0.1, 0.15) is 37.9 Å². The van der Waals surface area contributed by atoms with Crippen LogP contribution in [0.5, 0.6) is 5.75 Å². The molecule has 5 N–H and O–H groups in total. The Labute approximate surface area is 159 Å². The second-order valence-electron chi connectivity index (χ2n) is 7.78. The van der Waals surface area contributed by atoms with E-state index in [2.05, 4.69) is 34.0 Å². The van der Waals surface area contributed by atoms with E-state index in [1.807, 2.05) is 24.3 Å². The summed E-state index contributed by atoms with van der Waals surface area (Å²) in [5.74, 6) is 1.67. The van der Waals surface area contributed by atoms with Crippen LogP contribution in [0, 0.1) is 0 Å². The van der Waals surface area contributed by atoms with Gasteiger partial charge < -0.3 is 20.7 Å². The molecule has 4 rings (SSSR count). The van der Waals surface area contributed by atoms with E-state index in [0.717, 1.165) is 49.6 Å². The zero-order valence-corrected chi connectivity index (χ0v) is 15.9. The highest BCUT2D eigenvalue weighted by atomic mass is 16.5. The molecule has 142 valence electrons. The van der Waals surface area contributed by atoms with Gasteiger partial charge in [0.05, 0.1) is 5.56 Å². The third-order valence-electron chi connectivity index (χ3n) is 5.25. The number of piperazine rings is 1. The quantitative estimate of drug-likeness (QED) is 0.522. The number of hydrogen-bond acceptors (Lipinski definition) is 6. The molecule has 0 bridgehead atoms. The molecule has 1 atom stereocenters. The zero-order chi connectivity index (χ0) is 19.0. The van der Waals surface area contributed by atoms with E-state index in [-0.39, 0.29) is 5.60 Å². The van der Waals surface area contributed by atoms with Crippen molar-refractivity contribution in [3.05, 3.63) is 41.9 Å². The van der Waals surface area contributed by atoms with E-state index in [9.17, 15) is 0 Å². The molecule has 27 heavy (non-hydrogen) atoms. The number of nitrogens with zero attached hydrogens (tertiary/aromatic N) is 3. The zero-order valence-electron chi connectivity index (χ0n) is 15.9.